The van der Waals surface area contributed by atoms with E-state index in [4.69, 9.17) is 14.2 Å². The van der Waals surface area contributed by atoms with Crippen molar-refractivity contribution >= 4 is 16.8 Å². The third-order valence-electron chi connectivity index (χ3n) is 4.30. The standard InChI is InChI=1S/C20H22N2O4/c1-12-18(14-7-5-6-8-15(14)22-12)20(23)21-11-13-9-16(24-2)19(26-4)17(10-13)25-3/h5-10,22H,11H2,1-4H3,(H,21,23). The highest BCUT2D eigenvalue weighted by atomic mass is 16.5. The maximum Gasteiger partial charge on any atom is 0.253 e. The van der Waals surface area contributed by atoms with Gasteiger partial charge in [-0.15, -0.1) is 0 Å². The van der Waals surface area contributed by atoms with Gasteiger partial charge in [0.1, 0.15) is 0 Å². The number of amides is 1. The molecule has 0 saturated heterocycles. The van der Waals surface area contributed by atoms with Crippen molar-refractivity contribution in [3.8, 4) is 17.2 Å². The van der Waals surface area contributed by atoms with Gasteiger partial charge in [0.05, 0.1) is 26.9 Å². The molecule has 0 spiro atoms. The van der Waals surface area contributed by atoms with E-state index in [-0.39, 0.29) is 5.91 Å². The van der Waals surface area contributed by atoms with Crippen LogP contribution in [0.3, 0.4) is 0 Å². The largest absolute Gasteiger partial charge is 0.493 e. The van der Waals surface area contributed by atoms with Gasteiger partial charge in [0.15, 0.2) is 11.5 Å². The lowest BCUT2D eigenvalue weighted by molar-refractivity contribution is 0.0952. The van der Waals surface area contributed by atoms with E-state index in [1.807, 2.05) is 43.3 Å². The number of para-hydroxylation sites is 1. The lowest BCUT2D eigenvalue weighted by Gasteiger charge is -2.14. The normalized spacial score (nSPS) is 10.6. The summed E-state index contributed by atoms with van der Waals surface area (Å²) in [5, 5.41) is 3.87. The summed E-state index contributed by atoms with van der Waals surface area (Å²) in [6.07, 6.45) is 0. The number of methoxy groups -OCH3 is 3. The van der Waals surface area contributed by atoms with Gasteiger partial charge in [-0.25, -0.2) is 0 Å². The van der Waals surface area contributed by atoms with Crippen LogP contribution in [0.4, 0.5) is 0 Å². The molecule has 0 bridgehead atoms. The average Bonchev–Trinajstić information content (AvgIpc) is 3.00. The molecule has 1 amide bonds. The summed E-state index contributed by atoms with van der Waals surface area (Å²) in [7, 11) is 4.69. The Morgan fingerprint density at radius 1 is 1.04 bits per heavy atom. The molecule has 0 atom stereocenters. The smallest absolute Gasteiger partial charge is 0.253 e. The fraction of sp³-hybridized carbons (Fsp3) is 0.250. The van der Waals surface area contributed by atoms with Gasteiger partial charge in [-0.3, -0.25) is 4.79 Å². The number of aryl methyl sites for hydroxylation is 1. The van der Waals surface area contributed by atoms with E-state index >= 15 is 0 Å². The summed E-state index contributed by atoms with van der Waals surface area (Å²) in [5.74, 6) is 1.50. The quantitative estimate of drug-likeness (QED) is 0.711. The maximum atomic E-state index is 12.7. The monoisotopic (exact) mass is 354 g/mol. The number of benzene rings is 2. The lowest BCUT2D eigenvalue weighted by atomic mass is 10.1. The minimum Gasteiger partial charge on any atom is -0.493 e. The second-order valence-electron chi connectivity index (χ2n) is 5.89. The molecule has 0 radical (unpaired) electrons. The van der Waals surface area contributed by atoms with Crippen molar-refractivity contribution in [3.63, 3.8) is 0 Å². The zero-order valence-corrected chi connectivity index (χ0v) is 15.3. The zero-order valence-electron chi connectivity index (χ0n) is 15.3. The van der Waals surface area contributed by atoms with E-state index in [2.05, 4.69) is 10.3 Å². The second kappa shape index (κ2) is 7.39. The first-order valence-corrected chi connectivity index (χ1v) is 8.23. The summed E-state index contributed by atoms with van der Waals surface area (Å²) in [5.41, 5.74) is 3.30. The number of carbonyl (C=O) groups is 1. The van der Waals surface area contributed by atoms with E-state index in [1.165, 1.54) is 0 Å². The van der Waals surface area contributed by atoms with Gasteiger partial charge < -0.3 is 24.5 Å². The number of ether oxygens (including phenoxy) is 3. The molecule has 3 aromatic rings. The zero-order chi connectivity index (χ0) is 18.7. The minimum absolute atomic E-state index is 0.131. The van der Waals surface area contributed by atoms with Crippen LogP contribution in [-0.2, 0) is 6.54 Å². The molecule has 136 valence electrons. The van der Waals surface area contributed by atoms with Crippen LogP contribution in [0.1, 0.15) is 21.6 Å². The molecule has 1 aromatic heterocycles. The Morgan fingerprint density at radius 3 is 2.31 bits per heavy atom. The van der Waals surface area contributed by atoms with Crippen LogP contribution >= 0.6 is 0 Å². The molecule has 0 fully saturated rings. The Labute approximate surface area is 152 Å². The van der Waals surface area contributed by atoms with Crippen molar-refractivity contribution < 1.29 is 19.0 Å². The Hall–Kier alpha value is -3.15. The molecule has 3 rings (SSSR count). The molecule has 2 aromatic carbocycles. The Morgan fingerprint density at radius 2 is 1.69 bits per heavy atom. The fourth-order valence-electron chi connectivity index (χ4n) is 3.08. The first-order valence-electron chi connectivity index (χ1n) is 8.23. The third-order valence-corrected chi connectivity index (χ3v) is 4.30. The molecule has 2 N–H and O–H groups in total. The number of hydrogen-bond acceptors (Lipinski definition) is 4. The van der Waals surface area contributed by atoms with Crippen LogP contribution in [0.15, 0.2) is 36.4 Å². The molecule has 1 heterocycles. The van der Waals surface area contributed by atoms with E-state index in [1.54, 1.807) is 21.3 Å². The number of rotatable bonds is 6. The van der Waals surface area contributed by atoms with E-state index < -0.39 is 0 Å². The number of hydrogen-bond donors (Lipinski definition) is 2. The van der Waals surface area contributed by atoms with Crippen molar-refractivity contribution in [1.29, 1.82) is 0 Å². The molecule has 0 unspecified atom stereocenters. The topological polar surface area (TPSA) is 72.6 Å². The molecule has 6 heteroatoms. The Balaban J connectivity index is 1.84. The highest BCUT2D eigenvalue weighted by Gasteiger charge is 2.17. The number of H-pyrrole nitrogens is 1. The van der Waals surface area contributed by atoms with Crippen molar-refractivity contribution in [2.75, 3.05) is 21.3 Å². The van der Waals surface area contributed by atoms with Crippen molar-refractivity contribution in [3.05, 3.63) is 53.2 Å². The Kier molecular flexibility index (Phi) is 5.02. The summed E-state index contributed by atoms with van der Waals surface area (Å²) >= 11 is 0. The van der Waals surface area contributed by atoms with E-state index in [0.29, 0.717) is 29.4 Å². The maximum absolute atomic E-state index is 12.7. The number of nitrogens with one attached hydrogen (secondary N) is 2. The van der Waals surface area contributed by atoms with Crippen LogP contribution < -0.4 is 19.5 Å². The van der Waals surface area contributed by atoms with Crippen LogP contribution in [-0.4, -0.2) is 32.2 Å². The highest BCUT2D eigenvalue weighted by Crippen LogP contribution is 2.38. The predicted octanol–water partition coefficient (Wildman–Crippen LogP) is 3.43. The van der Waals surface area contributed by atoms with Crippen LogP contribution in [0.25, 0.3) is 10.9 Å². The Bertz CT molecular complexity index is 921. The molecular weight excluding hydrogens is 332 g/mol. The number of fused-ring (bicyclic) bond motifs is 1. The van der Waals surface area contributed by atoms with Crippen LogP contribution in [0.2, 0.25) is 0 Å². The molecule has 0 aliphatic carbocycles. The first kappa shape index (κ1) is 17.7. The van der Waals surface area contributed by atoms with Crippen molar-refractivity contribution in [2.45, 2.75) is 13.5 Å². The highest BCUT2D eigenvalue weighted by molar-refractivity contribution is 6.08. The summed E-state index contributed by atoms with van der Waals surface area (Å²) in [4.78, 5) is 16.0. The average molecular weight is 354 g/mol. The minimum atomic E-state index is -0.131. The molecule has 0 aliphatic rings. The van der Waals surface area contributed by atoms with E-state index in [9.17, 15) is 4.79 Å². The van der Waals surface area contributed by atoms with Crippen LogP contribution in [0, 0.1) is 6.92 Å². The second-order valence-corrected chi connectivity index (χ2v) is 5.89. The van der Waals surface area contributed by atoms with Gasteiger partial charge in [-0.1, -0.05) is 18.2 Å². The number of aromatic nitrogens is 1. The van der Waals surface area contributed by atoms with Gasteiger partial charge in [0.2, 0.25) is 5.75 Å². The van der Waals surface area contributed by atoms with Gasteiger partial charge >= 0.3 is 0 Å². The SMILES string of the molecule is COc1cc(CNC(=O)c2c(C)[nH]c3ccccc23)cc(OC)c1OC. The van der Waals surface area contributed by atoms with Gasteiger partial charge in [-0.2, -0.15) is 0 Å². The summed E-state index contributed by atoms with van der Waals surface area (Å²) < 4.78 is 16.0. The molecule has 6 nitrogen and oxygen atoms in total. The van der Waals surface area contributed by atoms with Crippen molar-refractivity contribution in [1.82, 2.24) is 10.3 Å². The fourth-order valence-corrected chi connectivity index (χ4v) is 3.08. The number of carbonyl (C=O) groups excluding carboxylic acids is 1. The predicted molar refractivity (Wildman–Crippen MR) is 100 cm³/mol. The molecule has 0 saturated carbocycles. The first-order chi connectivity index (χ1) is 12.6. The van der Waals surface area contributed by atoms with Crippen molar-refractivity contribution in [2.24, 2.45) is 0 Å². The third kappa shape index (κ3) is 3.18. The number of aromatic amines is 1. The van der Waals surface area contributed by atoms with E-state index in [0.717, 1.165) is 22.2 Å². The molecule has 26 heavy (non-hydrogen) atoms. The molecule has 0 aliphatic heterocycles. The van der Waals surface area contributed by atoms with Gasteiger partial charge in [0.25, 0.3) is 5.91 Å². The van der Waals surface area contributed by atoms with Gasteiger partial charge in [0, 0.05) is 23.1 Å². The summed E-state index contributed by atoms with van der Waals surface area (Å²) in [6.45, 7) is 2.24. The van der Waals surface area contributed by atoms with Crippen LogP contribution in [0.5, 0.6) is 17.2 Å². The summed E-state index contributed by atoms with van der Waals surface area (Å²) in [6, 6.07) is 11.4. The molecular formula is C20H22N2O4. The lowest BCUT2D eigenvalue weighted by Crippen LogP contribution is -2.23. The van der Waals surface area contributed by atoms with Gasteiger partial charge in [-0.05, 0) is 30.7 Å².